The number of hydrogen-bond acceptors (Lipinski definition) is 3. The first-order valence-electron chi connectivity index (χ1n) is 8.13. The first kappa shape index (κ1) is 16.4. The molecule has 0 aliphatic carbocycles. The Labute approximate surface area is 132 Å². The van der Waals surface area contributed by atoms with Crippen LogP contribution in [0.3, 0.4) is 0 Å². The van der Waals surface area contributed by atoms with Crippen molar-refractivity contribution < 1.29 is 0 Å². The third kappa shape index (κ3) is 4.28. The maximum absolute atomic E-state index is 12.5. The number of aromatic nitrogens is 2. The van der Waals surface area contributed by atoms with Gasteiger partial charge in [-0.05, 0) is 25.5 Å². The molecule has 118 valence electrons. The Balaban J connectivity index is 2.31. The number of nitrogens with zero attached hydrogens (tertiary/aromatic N) is 2. The van der Waals surface area contributed by atoms with Crippen molar-refractivity contribution in [1.82, 2.24) is 15.1 Å². The molecular formula is C18H25N3O. The highest BCUT2D eigenvalue weighted by molar-refractivity contribution is 5.58. The summed E-state index contributed by atoms with van der Waals surface area (Å²) in [6.07, 6.45) is 3.17. The Morgan fingerprint density at radius 3 is 2.59 bits per heavy atom. The van der Waals surface area contributed by atoms with Crippen molar-refractivity contribution in [1.29, 1.82) is 0 Å². The number of benzene rings is 1. The zero-order valence-corrected chi connectivity index (χ0v) is 13.5. The summed E-state index contributed by atoms with van der Waals surface area (Å²) in [5, 5.41) is 7.86. The van der Waals surface area contributed by atoms with Crippen molar-refractivity contribution in [2.24, 2.45) is 0 Å². The molecule has 0 aliphatic rings. The third-order valence-electron chi connectivity index (χ3n) is 3.58. The molecule has 1 aromatic heterocycles. The van der Waals surface area contributed by atoms with Gasteiger partial charge in [-0.25, -0.2) is 4.68 Å². The van der Waals surface area contributed by atoms with Gasteiger partial charge < -0.3 is 5.32 Å². The van der Waals surface area contributed by atoms with Crippen LogP contribution in [0.25, 0.3) is 11.3 Å². The summed E-state index contributed by atoms with van der Waals surface area (Å²) in [5.41, 5.74) is 2.71. The predicted octanol–water partition coefficient (Wildman–Crippen LogP) is 3.21. The largest absolute Gasteiger partial charge is 0.312 e. The van der Waals surface area contributed by atoms with Crippen LogP contribution in [0.15, 0.2) is 41.2 Å². The molecule has 1 heterocycles. The van der Waals surface area contributed by atoms with E-state index in [2.05, 4.69) is 24.3 Å². The Morgan fingerprint density at radius 2 is 1.91 bits per heavy atom. The van der Waals surface area contributed by atoms with Gasteiger partial charge in [-0.1, -0.05) is 50.6 Å². The van der Waals surface area contributed by atoms with E-state index in [1.54, 1.807) is 4.68 Å². The average molecular weight is 299 g/mol. The molecule has 4 heteroatoms. The monoisotopic (exact) mass is 299 g/mol. The summed E-state index contributed by atoms with van der Waals surface area (Å²) >= 11 is 0. The van der Waals surface area contributed by atoms with E-state index in [-0.39, 0.29) is 5.56 Å². The molecule has 0 radical (unpaired) electrons. The standard InChI is InChI=1S/C18H25N3O/c1-3-5-11-19-14-16-13-17(15-9-7-6-8-10-15)20-21(12-4-2)18(16)22/h6-10,13,19H,3-5,11-12,14H2,1-2H3. The van der Waals surface area contributed by atoms with Gasteiger partial charge in [0.15, 0.2) is 0 Å². The van der Waals surface area contributed by atoms with Gasteiger partial charge >= 0.3 is 0 Å². The highest BCUT2D eigenvalue weighted by Gasteiger charge is 2.09. The van der Waals surface area contributed by atoms with Gasteiger partial charge in [0.25, 0.3) is 5.56 Å². The van der Waals surface area contributed by atoms with Crippen molar-refractivity contribution in [2.75, 3.05) is 6.54 Å². The Morgan fingerprint density at radius 1 is 1.14 bits per heavy atom. The molecule has 2 aromatic rings. The van der Waals surface area contributed by atoms with Crippen LogP contribution in [-0.2, 0) is 13.1 Å². The predicted molar refractivity (Wildman–Crippen MR) is 90.8 cm³/mol. The first-order chi connectivity index (χ1) is 10.8. The van der Waals surface area contributed by atoms with E-state index >= 15 is 0 Å². The highest BCUT2D eigenvalue weighted by atomic mass is 16.1. The molecule has 2 rings (SSSR count). The molecular weight excluding hydrogens is 274 g/mol. The van der Waals surface area contributed by atoms with Gasteiger partial charge in [0.1, 0.15) is 0 Å². The lowest BCUT2D eigenvalue weighted by atomic mass is 10.1. The molecule has 0 spiro atoms. The molecule has 1 N–H and O–H groups in total. The molecule has 0 atom stereocenters. The van der Waals surface area contributed by atoms with Gasteiger partial charge in [-0.15, -0.1) is 0 Å². The molecule has 4 nitrogen and oxygen atoms in total. The lowest BCUT2D eigenvalue weighted by Gasteiger charge is -2.11. The van der Waals surface area contributed by atoms with Gasteiger partial charge in [0, 0.05) is 24.2 Å². The van der Waals surface area contributed by atoms with E-state index in [0.29, 0.717) is 13.1 Å². The minimum atomic E-state index is 0.0190. The number of nitrogens with one attached hydrogen (secondary N) is 1. The second-order valence-electron chi connectivity index (χ2n) is 5.48. The molecule has 0 amide bonds. The molecule has 1 aromatic carbocycles. The zero-order chi connectivity index (χ0) is 15.8. The Kier molecular flexibility index (Phi) is 6.34. The number of hydrogen-bond donors (Lipinski definition) is 1. The van der Waals surface area contributed by atoms with Crippen molar-refractivity contribution >= 4 is 0 Å². The van der Waals surface area contributed by atoms with Crippen LogP contribution >= 0.6 is 0 Å². The normalized spacial score (nSPS) is 10.8. The molecule has 0 unspecified atom stereocenters. The fourth-order valence-electron chi connectivity index (χ4n) is 2.36. The van der Waals surface area contributed by atoms with Crippen LogP contribution < -0.4 is 10.9 Å². The van der Waals surface area contributed by atoms with Crippen LogP contribution in [0.1, 0.15) is 38.7 Å². The Bertz CT molecular complexity index is 635. The number of rotatable bonds is 8. The first-order valence-corrected chi connectivity index (χ1v) is 8.13. The van der Waals surface area contributed by atoms with Gasteiger partial charge in [0.05, 0.1) is 5.69 Å². The van der Waals surface area contributed by atoms with E-state index < -0.39 is 0 Å². The van der Waals surface area contributed by atoms with Crippen LogP contribution in [0.5, 0.6) is 0 Å². The maximum Gasteiger partial charge on any atom is 0.271 e. The minimum Gasteiger partial charge on any atom is -0.312 e. The van der Waals surface area contributed by atoms with E-state index in [1.807, 2.05) is 36.4 Å². The summed E-state index contributed by atoms with van der Waals surface area (Å²) in [5.74, 6) is 0. The number of unbranched alkanes of at least 4 members (excludes halogenated alkanes) is 1. The topological polar surface area (TPSA) is 46.9 Å². The molecule has 0 bridgehead atoms. The molecule has 0 saturated heterocycles. The van der Waals surface area contributed by atoms with Crippen LogP contribution in [0, 0.1) is 0 Å². The van der Waals surface area contributed by atoms with Crippen LogP contribution in [0.4, 0.5) is 0 Å². The Hall–Kier alpha value is -1.94. The average Bonchev–Trinajstić information content (AvgIpc) is 2.55. The van der Waals surface area contributed by atoms with Crippen molar-refractivity contribution in [3.05, 3.63) is 52.3 Å². The maximum atomic E-state index is 12.5. The van der Waals surface area contributed by atoms with E-state index in [1.165, 1.54) is 0 Å². The minimum absolute atomic E-state index is 0.0190. The summed E-state index contributed by atoms with van der Waals surface area (Å²) in [7, 11) is 0. The molecule has 0 aliphatic heterocycles. The summed E-state index contributed by atoms with van der Waals surface area (Å²) < 4.78 is 1.60. The smallest absolute Gasteiger partial charge is 0.271 e. The van der Waals surface area contributed by atoms with Crippen molar-refractivity contribution in [2.45, 2.75) is 46.2 Å². The van der Waals surface area contributed by atoms with Gasteiger partial charge in [-0.3, -0.25) is 4.79 Å². The lowest BCUT2D eigenvalue weighted by molar-refractivity contribution is 0.556. The fraction of sp³-hybridized carbons (Fsp3) is 0.444. The third-order valence-corrected chi connectivity index (χ3v) is 3.58. The van der Waals surface area contributed by atoms with E-state index in [0.717, 1.165) is 42.6 Å². The van der Waals surface area contributed by atoms with Gasteiger partial charge in [0.2, 0.25) is 0 Å². The second kappa shape index (κ2) is 8.49. The summed E-state index contributed by atoms with van der Waals surface area (Å²) in [6.45, 7) is 6.41. The fourth-order valence-corrected chi connectivity index (χ4v) is 2.36. The number of aryl methyl sites for hydroxylation is 1. The highest BCUT2D eigenvalue weighted by Crippen LogP contribution is 2.15. The van der Waals surface area contributed by atoms with Crippen molar-refractivity contribution in [3.8, 4) is 11.3 Å². The van der Waals surface area contributed by atoms with Crippen LogP contribution in [-0.4, -0.2) is 16.3 Å². The molecule has 0 saturated carbocycles. The molecule has 22 heavy (non-hydrogen) atoms. The zero-order valence-electron chi connectivity index (χ0n) is 13.5. The lowest BCUT2D eigenvalue weighted by Crippen LogP contribution is -2.29. The second-order valence-corrected chi connectivity index (χ2v) is 5.48. The van der Waals surface area contributed by atoms with E-state index in [4.69, 9.17) is 0 Å². The van der Waals surface area contributed by atoms with E-state index in [9.17, 15) is 4.79 Å². The van der Waals surface area contributed by atoms with Crippen molar-refractivity contribution in [3.63, 3.8) is 0 Å². The van der Waals surface area contributed by atoms with Crippen LogP contribution in [0.2, 0.25) is 0 Å². The quantitative estimate of drug-likeness (QED) is 0.761. The van der Waals surface area contributed by atoms with Gasteiger partial charge in [-0.2, -0.15) is 5.10 Å². The molecule has 0 fully saturated rings. The summed E-state index contributed by atoms with van der Waals surface area (Å²) in [4.78, 5) is 12.5. The summed E-state index contributed by atoms with van der Waals surface area (Å²) in [6, 6.07) is 11.9. The SMILES string of the molecule is CCCCNCc1cc(-c2ccccc2)nn(CCC)c1=O.